The van der Waals surface area contributed by atoms with Crippen LogP contribution in [0.1, 0.15) is 0 Å². The molecule has 0 fully saturated rings. The van der Waals surface area contributed by atoms with Crippen molar-refractivity contribution in [3.8, 4) is 5.75 Å². The Kier molecular flexibility index (Phi) is 2.29. The molecule has 1 aromatic heterocycles. The summed E-state index contributed by atoms with van der Waals surface area (Å²) in [6, 6.07) is 5.50. The fraction of sp³-hybridized carbons (Fsp3) is 0.100. The van der Waals surface area contributed by atoms with Gasteiger partial charge in [-0.15, -0.1) is 0 Å². The summed E-state index contributed by atoms with van der Waals surface area (Å²) in [6.45, 7) is 0. The number of aromatic nitrogens is 1. The highest BCUT2D eigenvalue weighted by atomic mass is 79.9. The van der Waals surface area contributed by atoms with Crippen LogP contribution in [0.25, 0.3) is 10.8 Å². The summed E-state index contributed by atoms with van der Waals surface area (Å²) in [4.78, 5) is 0. The summed E-state index contributed by atoms with van der Waals surface area (Å²) in [6.07, 6.45) is 2.97. The molecule has 0 spiro atoms. The van der Waals surface area contributed by atoms with Gasteiger partial charge in [0.05, 0.1) is 12.5 Å². The summed E-state index contributed by atoms with van der Waals surface area (Å²) < 4.78 is 6.88. The van der Waals surface area contributed by atoms with E-state index in [1.165, 1.54) is 12.4 Å². The molecule has 2 rings (SSSR count). The lowest BCUT2D eigenvalue weighted by atomic mass is 10.1. The highest BCUT2D eigenvalue weighted by molar-refractivity contribution is 9.10. The second kappa shape index (κ2) is 3.46. The van der Waals surface area contributed by atoms with Crippen molar-refractivity contribution in [1.29, 1.82) is 0 Å². The predicted molar refractivity (Wildman–Crippen MR) is 57.2 cm³/mol. The van der Waals surface area contributed by atoms with Crippen molar-refractivity contribution in [1.82, 2.24) is 0 Å². The molecule has 0 atom stereocenters. The molecule has 1 heterocycles. The maximum absolute atomic E-state index is 11.1. The first-order valence-corrected chi connectivity index (χ1v) is 4.86. The van der Waals surface area contributed by atoms with E-state index in [4.69, 9.17) is 4.74 Å². The first-order chi connectivity index (χ1) is 6.70. The summed E-state index contributed by atoms with van der Waals surface area (Å²) in [5.41, 5.74) is 0. The molecule has 14 heavy (non-hydrogen) atoms. The molecule has 0 aliphatic rings. The summed E-state index contributed by atoms with van der Waals surface area (Å²) >= 11 is 3.36. The number of hydrogen-bond donors (Lipinski definition) is 0. The van der Waals surface area contributed by atoms with Crippen LogP contribution in [0.2, 0.25) is 0 Å². The van der Waals surface area contributed by atoms with Crippen molar-refractivity contribution >= 4 is 26.7 Å². The van der Waals surface area contributed by atoms with Crippen molar-refractivity contribution in [3.05, 3.63) is 40.3 Å². The van der Waals surface area contributed by atoms with Gasteiger partial charge in [-0.1, -0.05) is 15.9 Å². The fourth-order valence-electron chi connectivity index (χ4n) is 1.40. The molecular weight excluding hydrogens is 246 g/mol. The Bertz CT molecular complexity index is 480. The van der Waals surface area contributed by atoms with Gasteiger partial charge in [0.2, 0.25) is 0 Å². The number of benzene rings is 1. The fourth-order valence-corrected chi connectivity index (χ4v) is 1.85. The molecule has 0 aliphatic carbocycles. The van der Waals surface area contributed by atoms with E-state index >= 15 is 0 Å². The zero-order chi connectivity index (χ0) is 10.1. The van der Waals surface area contributed by atoms with Crippen molar-refractivity contribution in [2.75, 3.05) is 7.11 Å². The number of halogens is 1. The predicted octanol–water partition coefficient (Wildman–Crippen LogP) is 2.24. The molecule has 0 radical (unpaired) electrons. The van der Waals surface area contributed by atoms with Crippen LogP contribution >= 0.6 is 15.9 Å². The molecule has 0 aliphatic heterocycles. The summed E-state index contributed by atoms with van der Waals surface area (Å²) in [7, 11) is 1.61. The van der Waals surface area contributed by atoms with E-state index < -0.39 is 0 Å². The maximum Gasteiger partial charge on any atom is 0.188 e. The molecule has 3 nitrogen and oxygen atoms in total. The number of ether oxygens (including phenoxy) is 1. The molecule has 0 bridgehead atoms. The minimum atomic E-state index is 0.759. The average molecular weight is 254 g/mol. The van der Waals surface area contributed by atoms with Crippen LogP contribution < -0.4 is 9.47 Å². The monoisotopic (exact) mass is 253 g/mol. The van der Waals surface area contributed by atoms with Gasteiger partial charge in [0, 0.05) is 15.9 Å². The molecule has 4 heteroatoms. The number of fused-ring (bicyclic) bond motifs is 1. The third-order valence-corrected chi connectivity index (χ3v) is 2.47. The van der Waals surface area contributed by atoms with E-state index in [1.54, 1.807) is 13.2 Å². The summed E-state index contributed by atoms with van der Waals surface area (Å²) in [5.74, 6) is 0.759. The minimum absolute atomic E-state index is 0.759. The molecule has 2 aromatic rings. The van der Waals surface area contributed by atoms with E-state index in [-0.39, 0.29) is 0 Å². The highest BCUT2D eigenvalue weighted by Crippen LogP contribution is 2.28. The Hall–Kier alpha value is -1.29. The molecule has 1 aromatic carbocycles. The van der Waals surface area contributed by atoms with Crippen LogP contribution in [-0.4, -0.2) is 7.11 Å². The van der Waals surface area contributed by atoms with Crippen LogP contribution in [0.4, 0.5) is 0 Å². The van der Waals surface area contributed by atoms with Gasteiger partial charge in [-0.05, 0) is 12.1 Å². The number of pyridine rings is 1. The van der Waals surface area contributed by atoms with Gasteiger partial charge in [-0.2, -0.15) is 4.73 Å². The Morgan fingerprint density at radius 1 is 1.43 bits per heavy atom. The molecular formula is C10H8BrNO2. The van der Waals surface area contributed by atoms with Crippen molar-refractivity contribution in [2.45, 2.75) is 0 Å². The number of rotatable bonds is 1. The van der Waals surface area contributed by atoms with Crippen LogP contribution in [-0.2, 0) is 0 Å². The van der Waals surface area contributed by atoms with Crippen LogP contribution in [0, 0.1) is 5.21 Å². The molecule has 72 valence electrons. The number of methoxy groups -OCH3 is 1. The Labute approximate surface area is 89.6 Å². The Morgan fingerprint density at radius 3 is 2.93 bits per heavy atom. The maximum atomic E-state index is 11.1. The zero-order valence-corrected chi connectivity index (χ0v) is 9.11. The smallest absolute Gasteiger partial charge is 0.188 e. The minimum Gasteiger partial charge on any atom is -0.619 e. The zero-order valence-electron chi connectivity index (χ0n) is 7.53. The third-order valence-electron chi connectivity index (χ3n) is 2.01. The van der Waals surface area contributed by atoms with Crippen LogP contribution in [0.3, 0.4) is 0 Å². The lowest BCUT2D eigenvalue weighted by Gasteiger charge is -2.05. The number of nitrogens with zero attached hydrogens (tertiary/aromatic N) is 1. The van der Waals surface area contributed by atoms with Gasteiger partial charge < -0.3 is 9.94 Å². The first-order valence-electron chi connectivity index (χ1n) is 4.07. The average Bonchev–Trinajstić information content (AvgIpc) is 2.15. The molecule has 0 amide bonds. The topological polar surface area (TPSA) is 36.2 Å². The van der Waals surface area contributed by atoms with Crippen molar-refractivity contribution in [2.24, 2.45) is 0 Å². The molecule has 0 saturated heterocycles. The van der Waals surface area contributed by atoms with E-state index in [9.17, 15) is 5.21 Å². The second-order valence-electron chi connectivity index (χ2n) is 2.92. The van der Waals surface area contributed by atoms with E-state index in [1.807, 2.05) is 12.1 Å². The lowest BCUT2D eigenvalue weighted by Crippen LogP contribution is -2.23. The van der Waals surface area contributed by atoms with Crippen LogP contribution in [0.5, 0.6) is 5.75 Å². The van der Waals surface area contributed by atoms with E-state index in [2.05, 4.69) is 15.9 Å². The normalized spacial score (nSPS) is 10.4. The Balaban J connectivity index is 2.81. The summed E-state index contributed by atoms with van der Waals surface area (Å²) in [5, 5.41) is 12.8. The van der Waals surface area contributed by atoms with Gasteiger partial charge in [0.25, 0.3) is 0 Å². The van der Waals surface area contributed by atoms with Gasteiger partial charge in [0.1, 0.15) is 5.75 Å². The number of hydrogen-bond acceptors (Lipinski definition) is 2. The van der Waals surface area contributed by atoms with Gasteiger partial charge >= 0.3 is 0 Å². The second-order valence-corrected chi connectivity index (χ2v) is 3.83. The quantitative estimate of drug-likeness (QED) is 0.578. The van der Waals surface area contributed by atoms with Gasteiger partial charge in [-0.3, -0.25) is 0 Å². The third kappa shape index (κ3) is 1.53. The highest BCUT2D eigenvalue weighted by Gasteiger charge is 2.05. The first kappa shape index (κ1) is 9.27. The van der Waals surface area contributed by atoms with E-state index in [0.29, 0.717) is 0 Å². The van der Waals surface area contributed by atoms with Crippen molar-refractivity contribution < 1.29 is 9.47 Å². The Morgan fingerprint density at radius 2 is 2.21 bits per heavy atom. The van der Waals surface area contributed by atoms with Crippen LogP contribution in [0.15, 0.2) is 35.1 Å². The molecule has 0 N–H and O–H groups in total. The SMILES string of the molecule is COc1cc(Br)cc2c[n+]([O-])ccc12. The molecule has 0 saturated carbocycles. The standard InChI is InChI=1S/C10H8BrNO2/c1-14-10-5-8(11)4-7-6-12(13)3-2-9(7)10/h2-6H,1H3. The molecule has 0 unspecified atom stereocenters. The van der Waals surface area contributed by atoms with Crippen molar-refractivity contribution in [3.63, 3.8) is 0 Å². The van der Waals surface area contributed by atoms with Gasteiger partial charge in [0.15, 0.2) is 12.4 Å². The van der Waals surface area contributed by atoms with Gasteiger partial charge in [-0.25, -0.2) is 0 Å². The van der Waals surface area contributed by atoms with E-state index in [0.717, 1.165) is 25.7 Å². The largest absolute Gasteiger partial charge is 0.619 e. The lowest BCUT2D eigenvalue weighted by molar-refractivity contribution is -0.603.